The lowest BCUT2D eigenvalue weighted by atomic mass is 10.1. The summed E-state index contributed by atoms with van der Waals surface area (Å²) in [6.45, 7) is -0.0860. The molecule has 0 bridgehead atoms. The standard InChI is InChI=1S/C13H12F3NO4/c1-20-12(19)8-2-3-10(9(6-8)13(14,15)16)17-4-5-21-7-11(17)18/h2-3,6H,4-5,7H2,1H3. The zero-order valence-corrected chi connectivity index (χ0v) is 11.1. The van der Waals surface area contributed by atoms with E-state index in [2.05, 4.69) is 4.74 Å². The molecule has 114 valence electrons. The van der Waals surface area contributed by atoms with E-state index in [-0.39, 0.29) is 31.0 Å². The minimum Gasteiger partial charge on any atom is -0.465 e. The molecule has 0 aromatic heterocycles. The summed E-state index contributed by atoms with van der Waals surface area (Å²) in [6.07, 6.45) is -4.70. The molecule has 1 aromatic rings. The van der Waals surface area contributed by atoms with Gasteiger partial charge in [0.25, 0.3) is 5.91 Å². The van der Waals surface area contributed by atoms with Gasteiger partial charge >= 0.3 is 12.1 Å². The van der Waals surface area contributed by atoms with Crippen molar-refractivity contribution in [2.24, 2.45) is 0 Å². The number of rotatable bonds is 2. The van der Waals surface area contributed by atoms with Gasteiger partial charge in [-0.1, -0.05) is 0 Å². The minimum atomic E-state index is -4.70. The Balaban J connectivity index is 2.50. The Morgan fingerprint density at radius 1 is 1.38 bits per heavy atom. The Morgan fingerprint density at radius 2 is 2.10 bits per heavy atom. The molecule has 2 rings (SSSR count). The summed E-state index contributed by atoms with van der Waals surface area (Å²) in [5.74, 6) is -1.43. The summed E-state index contributed by atoms with van der Waals surface area (Å²) in [6, 6.07) is 2.97. The maximum atomic E-state index is 13.2. The largest absolute Gasteiger partial charge is 0.465 e. The highest BCUT2D eigenvalue weighted by Crippen LogP contribution is 2.37. The molecule has 5 nitrogen and oxygen atoms in total. The first-order valence-corrected chi connectivity index (χ1v) is 6.02. The van der Waals surface area contributed by atoms with Crippen molar-refractivity contribution in [3.05, 3.63) is 29.3 Å². The molecular weight excluding hydrogens is 291 g/mol. The molecule has 1 heterocycles. The van der Waals surface area contributed by atoms with Gasteiger partial charge in [0.05, 0.1) is 30.5 Å². The molecule has 1 aliphatic rings. The number of alkyl halides is 3. The van der Waals surface area contributed by atoms with Crippen LogP contribution in [-0.2, 0) is 20.4 Å². The molecule has 1 aromatic carbocycles. The average molecular weight is 303 g/mol. The SMILES string of the molecule is COC(=O)c1ccc(N2CCOCC2=O)c(C(F)(F)F)c1. The van der Waals surface area contributed by atoms with Crippen molar-refractivity contribution in [1.82, 2.24) is 0 Å². The number of carbonyl (C=O) groups is 2. The quantitative estimate of drug-likeness (QED) is 0.783. The third-order valence-corrected chi connectivity index (χ3v) is 3.00. The van der Waals surface area contributed by atoms with Crippen LogP contribution < -0.4 is 4.90 Å². The van der Waals surface area contributed by atoms with Crippen molar-refractivity contribution in [3.63, 3.8) is 0 Å². The van der Waals surface area contributed by atoms with Gasteiger partial charge in [-0.3, -0.25) is 4.79 Å². The van der Waals surface area contributed by atoms with E-state index in [1.54, 1.807) is 0 Å². The minimum absolute atomic E-state index is 0.0273. The number of amides is 1. The molecule has 8 heteroatoms. The van der Waals surface area contributed by atoms with Gasteiger partial charge in [0, 0.05) is 6.54 Å². The molecular formula is C13H12F3NO4. The van der Waals surface area contributed by atoms with E-state index in [9.17, 15) is 22.8 Å². The van der Waals surface area contributed by atoms with Crippen molar-refractivity contribution in [2.45, 2.75) is 6.18 Å². The lowest BCUT2D eigenvalue weighted by Crippen LogP contribution is -2.42. The lowest BCUT2D eigenvalue weighted by molar-refractivity contribution is -0.137. The monoisotopic (exact) mass is 303 g/mol. The normalized spacial score (nSPS) is 16.0. The molecule has 1 saturated heterocycles. The zero-order valence-electron chi connectivity index (χ0n) is 11.1. The molecule has 0 spiro atoms. The average Bonchev–Trinajstić information content (AvgIpc) is 2.45. The van der Waals surface area contributed by atoms with Crippen LogP contribution in [-0.4, -0.2) is 38.7 Å². The summed E-state index contributed by atoms with van der Waals surface area (Å²) >= 11 is 0. The smallest absolute Gasteiger partial charge is 0.418 e. The molecule has 21 heavy (non-hydrogen) atoms. The fourth-order valence-electron chi connectivity index (χ4n) is 2.02. The van der Waals surface area contributed by atoms with Crippen LogP contribution in [0.15, 0.2) is 18.2 Å². The van der Waals surface area contributed by atoms with E-state index in [4.69, 9.17) is 4.74 Å². The molecule has 0 unspecified atom stereocenters. The molecule has 1 fully saturated rings. The van der Waals surface area contributed by atoms with Gasteiger partial charge in [0.2, 0.25) is 0 Å². The second kappa shape index (κ2) is 5.72. The van der Waals surface area contributed by atoms with E-state index in [0.717, 1.165) is 18.1 Å². The molecule has 1 amide bonds. The van der Waals surface area contributed by atoms with E-state index in [0.29, 0.717) is 6.07 Å². The number of nitrogens with zero attached hydrogens (tertiary/aromatic N) is 1. The number of anilines is 1. The number of hydrogen-bond donors (Lipinski definition) is 0. The van der Waals surface area contributed by atoms with Gasteiger partial charge < -0.3 is 14.4 Å². The van der Waals surface area contributed by atoms with Crippen molar-refractivity contribution < 1.29 is 32.2 Å². The zero-order chi connectivity index (χ0) is 15.6. The third-order valence-electron chi connectivity index (χ3n) is 3.00. The first-order chi connectivity index (χ1) is 9.84. The Labute approximate surface area is 118 Å². The second-order valence-electron chi connectivity index (χ2n) is 4.32. The van der Waals surface area contributed by atoms with E-state index in [1.165, 1.54) is 6.07 Å². The Bertz CT molecular complexity index is 571. The van der Waals surface area contributed by atoms with Gasteiger partial charge in [-0.05, 0) is 18.2 Å². The summed E-state index contributed by atoms with van der Waals surface area (Å²) in [5, 5.41) is 0. The first-order valence-electron chi connectivity index (χ1n) is 6.02. The van der Waals surface area contributed by atoms with Crippen LogP contribution in [0.5, 0.6) is 0 Å². The number of benzene rings is 1. The van der Waals surface area contributed by atoms with Crippen molar-refractivity contribution in [3.8, 4) is 0 Å². The van der Waals surface area contributed by atoms with Gasteiger partial charge in [-0.25, -0.2) is 4.79 Å². The predicted octanol–water partition coefficient (Wildman–Crippen LogP) is 1.86. The lowest BCUT2D eigenvalue weighted by Gasteiger charge is -2.29. The van der Waals surface area contributed by atoms with E-state index < -0.39 is 23.6 Å². The van der Waals surface area contributed by atoms with Gasteiger partial charge in [-0.2, -0.15) is 13.2 Å². The highest BCUT2D eigenvalue weighted by Gasteiger charge is 2.37. The van der Waals surface area contributed by atoms with E-state index >= 15 is 0 Å². The number of methoxy groups -OCH3 is 1. The molecule has 1 aliphatic heterocycles. The maximum absolute atomic E-state index is 13.2. The maximum Gasteiger partial charge on any atom is 0.418 e. The fourth-order valence-corrected chi connectivity index (χ4v) is 2.02. The Kier molecular flexibility index (Phi) is 4.17. The molecule has 0 atom stereocenters. The number of morpholine rings is 1. The number of ether oxygens (including phenoxy) is 2. The third kappa shape index (κ3) is 3.15. The van der Waals surface area contributed by atoms with Crippen LogP contribution in [0.25, 0.3) is 0 Å². The van der Waals surface area contributed by atoms with Crippen LogP contribution in [0.4, 0.5) is 18.9 Å². The van der Waals surface area contributed by atoms with Gasteiger partial charge in [-0.15, -0.1) is 0 Å². The summed E-state index contributed by atoms with van der Waals surface area (Å²) in [5.41, 5.74) is -1.57. The summed E-state index contributed by atoms with van der Waals surface area (Å²) in [7, 11) is 1.08. The Hall–Kier alpha value is -2.09. The molecule has 0 saturated carbocycles. The molecule has 0 N–H and O–H groups in total. The topological polar surface area (TPSA) is 55.8 Å². The van der Waals surface area contributed by atoms with Gasteiger partial charge in [0.15, 0.2) is 0 Å². The van der Waals surface area contributed by atoms with Crippen LogP contribution in [0.2, 0.25) is 0 Å². The highest BCUT2D eigenvalue weighted by molar-refractivity contribution is 5.97. The van der Waals surface area contributed by atoms with Crippen LogP contribution >= 0.6 is 0 Å². The molecule has 0 radical (unpaired) electrons. The number of carbonyl (C=O) groups excluding carboxylic acids is 2. The first kappa shape index (κ1) is 15.3. The van der Waals surface area contributed by atoms with Crippen LogP contribution in [0.1, 0.15) is 15.9 Å². The fraction of sp³-hybridized carbons (Fsp3) is 0.385. The number of halogens is 3. The van der Waals surface area contributed by atoms with Crippen molar-refractivity contribution in [2.75, 3.05) is 31.8 Å². The second-order valence-corrected chi connectivity index (χ2v) is 4.32. The molecule has 0 aliphatic carbocycles. The Morgan fingerprint density at radius 3 is 2.67 bits per heavy atom. The van der Waals surface area contributed by atoms with Gasteiger partial charge in [0.1, 0.15) is 6.61 Å². The van der Waals surface area contributed by atoms with Crippen LogP contribution in [0, 0.1) is 0 Å². The highest BCUT2D eigenvalue weighted by atomic mass is 19.4. The van der Waals surface area contributed by atoms with Crippen LogP contribution in [0.3, 0.4) is 0 Å². The van der Waals surface area contributed by atoms with Crippen molar-refractivity contribution >= 4 is 17.6 Å². The van der Waals surface area contributed by atoms with Crippen molar-refractivity contribution in [1.29, 1.82) is 0 Å². The summed E-state index contributed by atoms with van der Waals surface area (Å²) < 4.78 is 48.8. The number of hydrogen-bond acceptors (Lipinski definition) is 4. The predicted molar refractivity (Wildman–Crippen MR) is 66.0 cm³/mol. The summed E-state index contributed by atoms with van der Waals surface area (Å²) in [4.78, 5) is 24.1. The van der Waals surface area contributed by atoms with E-state index in [1.807, 2.05) is 0 Å². The number of esters is 1.